The van der Waals surface area contributed by atoms with Crippen LogP contribution in [0.15, 0.2) is 224 Å². The van der Waals surface area contributed by atoms with Crippen molar-refractivity contribution in [3.63, 3.8) is 0 Å². The van der Waals surface area contributed by atoms with E-state index in [1.807, 2.05) is 0 Å². The van der Waals surface area contributed by atoms with Crippen LogP contribution >= 0.6 is 0 Å². The molecule has 72 heavy (non-hydrogen) atoms. The van der Waals surface area contributed by atoms with E-state index in [1.54, 1.807) is 0 Å². The maximum Gasteiger partial charge on any atom is 0.0543 e. The smallest absolute Gasteiger partial charge is 0.0543 e. The lowest BCUT2D eigenvalue weighted by molar-refractivity contribution is 0.714. The van der Waals surface area contributed by atoms with Crippen LogP contribution in [0, 0.1) is 0 Å². The molecule has 1 aliphatic carbocycles. The number of aryl methyl sites for hydroxylation is 2. The van der Waals surface area contributed by atoms with Gasteiger partial charge in [0.25, 0.3) is 0 Å². The monoisotopic (exact) mass is 927 g/mol. The highest BCUT2D eigenvalue weighted by Gasteiger charge is 2.43. The molecular formula is C69H57N3. The minimum Gasteiger partial charge on any atom is -0.340 e. The second-order valence-electron chi connectivity index (χ2n) is 19.9. The summed E-state index contributed by atoms with van der Waals surface area (Å²) in [6.45, 7) is 8.98. The first-order valence-corrected chi connectivity index (χ1v) is 25.9. The topological polar surface area (TPSA) is 13.1 Å². The molecule has 12 aromatic rings. The first-order chi connectivity index (χ1) is 35.5. The largest absolute Gasteiger partial charge is 0.340 e. The summed E-state index contributed by atoms with van der Waals surface area (Å²) in [6.07, 6.45) is 5.43. The van der Waals surface area contributed by atoms with Crippen LogP contribution in [0.1, 0.15) is 67.0 Å². The molecule has 0 fully saturated rings. The molecular weight excluding hydrogens is 871 g/mol. The van der Waals surface area contributed by atoms with Crippen LogP contribution < -0.4 is 4.90 Å². The minimum atomic E-state index is -0.459. The average molecular weight is 928 g/mol. The van der Waals surface area contributed by atoms with Gasteiger partial charge in [0.2, 0.25) is 0 Å². The lowest BCUT2D eigenvalue weighted by Crippen LogP contribution is -2.23. The van der Waals surface area contributed by atoms with Gasteiger partial charge in [-0.1, -0.05) is 178 Å². The van der Waals surface area contributed by atoms with Crippen LogP contribution in [0.5, 0.6) is 0 Å². The van der Waals surface area contributed by atoms with E-state index in [0.717, 1.165) is 43.7 Å². The first-order valence-electron chi connectivity index (χ1n) is 25.9. The highest BCUT2D eigenvalue weighted by Crippen LogP contribution is 2.57. The highest BCUT2D eigenvalue weighted by atomic mass is 15.1. The van der Waals surface area contributed by atoms with E-state index in [4.69, 9.17) is 0 Å². The maximum absolute atomic E-state index is 2.53. The summed E-state index contributed by atoms with van der Waals surface area (Å²) in [4.78, 5) is 2.50. The highest BCUT2D eigenvalue weighted by molar-refractivity contribution is 6.13. The molecule has 3 nitrogen and oxygen atoms in total. The summed E-state index contributed by atoms with van der Waals surface area (Å²) in [5.74, 6) is 0. The number of allylic oxidation sites excluding steroid dienone is 1. The molecule has 348 valence electrons. The number of rotatable bonds is 12. The molecule has 0 amide bonds. The number of hydrogen-bond acceptors (Lipinski definition) is 1. The van der Waals surface area contributed by atoms with Gasteiger partial charge in [-0.25, -0.2) is 0 Å². The normalized spacial score (nSPS) is 14.5. The lowest BCUT2D eigenvalue weighted by atomic mass is 9.73. The van der Waals surface area contributed by atoms with Crippen molar-refractivity contribution in [2.75, 3.05) is 4.90 Å². The van der Waals surface area contributed by atoms with E-state index in [1.165, 1.54) is 110 Å². The van der Waals surface area contributed by atoms with E-state index in [2.05, 4.69) is 265 Å². The third-order valence-electron chi connectivity index (χ3n) is 15.6. The Balaban J connectivity index is 0.991. The van der Waals surface area contributed by atoms with Crippen molar-refractivity contribution < 1.29 is 0 Å². The summed E-state index contributed by atoms with van der Waals surface area (Å²) in [7, 11) is 0. The zero-order valence-electron chi connectivity index (χ0n) is 41.3. The van der Waals surface area contributed by atoms with Crippen molar-refractivity contribution in [3.8, 4) is 11.1 Å². The SMILES string of the molecule is CCCn1c2ccccc2c2cc(C/C(=C/c3ccc4c(c3)C(C)(c3ccccc3)c3cc(N(c5ccccc5)c5ccc6c(c5)c5ccccc5n6CCC)c5ccccc5c3-4)c3ccccc3)ccc21. The number of hydrogen-bond donors (Lipinski definition) is 0. The Morgan fingerprint density at radius 2 is 1.01 bits per heavy atom. The van der Waals surface area contributed by atoms with Gasteiger partial charge in [-0.2, -0.15) is 0 Å². The molecule has 0 N–H and O–H groups in total. The standard InChI is InChI=1S/C69H57N3/c1-4-39-70-63-31-19-17-28-55(63)59-43-47(34-37-65(59)70)41-50(49-21-9-6-10-22-49)42-48-33-36-58-61(44-48)69(3,51-23-11-7-12-24-51)62-46-67(54-27-15-16-30-57(54)68(58)62)72(52-25-13-8-14-26-52)53-35-38-66-60(45-53)56-29-18-20-32-64(56)71(66)40-5-2/h6-38,42-46H,4-5,39-41H2,1-3H3/b50-42-. The summed E-state index contributed by atoms with van der Waals surface area (Å²) in [5.41, 5.74) is 19.8. The fraction of sp³-hybridized carbons (Fsp3) is 0.130. The summed E-state index contributed by atoms with van der Waals surface area (Å²) in [6, 6.07) is 84.1. The molecule has 1 aliphatic rings. The predicted molar refractivity (Wildman–Crippen MR) is 307 cm³/mol. The average Bonchev–Trinajstić information content (AvgIpc) is 4.02. The molecule has 0 aliphatic heterocycles. The van der Waals surface area contributed by atoms with Crippen LogP contribution in [0.3, 0.4) is 0 Å². The van der Waals surface area contributed by atoms with Gasteiger partial charge in [-0.05, 0) is 148 Å². The molecule has 10 aromatic carbocycles. The van der Waals surface area contributed by atoms with Crippen LogP contribution in [-0.2, 0) is 24.9 Å². The second kappa shape index (κ2) is 17.8. The van der Waals surface area contributed by atoms with E-state index in [9.17, 15) is 0 Å². The third-order valence-corrected chi connectivity index (χ3v) is 15.6. The number of nitrogens with zero attached hydrogens (tertiary/aromatic N) is 3. The van der Waals surface area contributed by atoms with Crippen molar-refractivity contribution in [2.45, 2.75) is 58.5 Å². The Labute approximate surface area is 422 Å². The number of anilines is 3. The van der Waals surface area contributed by atoms with Crippen LogP contribution in [0.25, 0.3) is 77.2 Å². The number of fused-ring (bicyclic) bond motifs is 11. The number of aromatic nitrogens is 2. The van der Waals surface area contributed by atoms with Gasteiger partial charge < -0.3 is 14.0 Å². The van der Waals surface area contributed by atoms with Crippen LogP contribution in [-0.4, -0.2) is 9.13 Å². The molecule has 0 bridgehead atoms. The fourth-order valence-electron chi connectivity index (χ4n) is 12.4. The maximum atomic E-state index is 2.53. The number of para-hydroxylation sites is 3. The quantitative estimate of drug-likeness (QED) is 0.111. The Kier molecular flexibility index (Phi) is 10.8. The van der Waals surface area contributed by atoms with Crippen molar-refractivity contribution in [1.82, 2.24) is 9.13 Å². The molecule has 1 atom stereocenters. The van der Waals surface area contributed by atoms with Crippen LogP contribution in [0.4, 0.5) is 17.1 Å². The van der Waals surface area contributed by atoms with Crippen molar-refractivity contribution in [2.24, 2.45) is 0 Å². The van der Waals surface area contributed by atoms with Crippen molar-refractivity contribution >= 4 is 83.1 Å². The zero-order valence-corrected chi connectivity index (χ0v) is 41.3. The lowest BCUT2D eigenvalue weighted by Gasteiger charge is -2.32. The minimum absolute atomic E-state index is 0.459. The Bertz CT molecular complexity index is 4040. The van der Waals surface area contributed by atoms with E-state index in [0.29, 0.717) is 0 Å². The predicted octanol–water partition coefficient (Wildman–Crippen LogP) is 18.5. The molecule has 0 spiro atoms. The first kappa shape index (κ1) is 43.6. The van der Waals surface area contributed by atoms with Gasteiger partial charge in [0.1, 0.15) is 0 Å². The third kappa shape index (κ3) is 7.01. The van der Waals surface area contributed by atoms with Crippen molar-refractivity contribution in [1.29, 1.82) is 0 Å². The van der Waals surface area contributed by atoms with Crippen molar-refractivity contribution in [3.05, 3.63) is 258 Å². The van der Waals surface area contributed by atoms with Gasteiger partial charge in [-0.3, -0.25) is 0 Å². The summed E-state index contributed by atoms with van der Waals surface area (Å²) in [5, 5.41) is 7.71. The molecule has 2 heterocycles. The Morgan fingerprint density at radius 3 is 1.68 bits per heavy atom. The Morgan fingerprint density at radius 1 is 0.458 bits per heavy atom. The molecule has 1 unspecified atom stereocenters. The van der Waals surface area contributed by atoms with E-state index in [-0.39, 0.29) is 0 Å². The molecule has 3 heteroatoms. The molecule has 13 rings (SSSR count). The Hall–Kier alpha value is -8.40. The van der Waals surface area contributed by atoms with Gasteiger partial charge >= 0.3 is 0 Å². The molecule has 0 radical (unpaired) electrons. The van der Waals surface area contributed by atoms with Gasteiger partial charge in [0.05, 0.1) is 5.69 Å². The van der Waals surface area contributed by atoms with Gasteiger partial charge in [0, 0.05) is 78.9 Å². The van der Waals surface area contributed by atoms with Gasteiger partial charge in [-0.15, -0.1) is 0 Å². The molecule has 0 saturated carbocycles. The molecule has 2 aromatic heterocycles. The van der Waals surface area contributed by atoms with Crippen LogP contribution in [0.2, 0.25) is 0 Å². The zero-order chi connectivity index (χ0) is 48.3. The fourth-order valence-corrected chi connectivity index (χ4v) is 12.4. The van der Waals surface area contributed by atoms with Gasteiger partial charge in [0.15, 0.2) is 0 Å². The molecule has 0 saturated heterocycles. The number of benzene rings is 10. The second-order valence-corrected chi connectivity index (χ2v) is 19.9. The van der Waals surface area contributed by atoms with E-state index >= 15 is 0 Å². The summed E-state index contributed by atoms with van der Waals surface area (Å²) >= 11 is 0. The van der Waals surface area contributed by atoms with E-state index < -0.39 is 5.41 Å². The summed E-state index contributed by atoms with van der Waals surface area (Å²) < 4.78 is 4.99.